The molecule has 1 atom stereocenters. The molecule has 0 aliphatic carbocycles. The summed E-state index contributed by atoms with van der Waals surface area (Å²) >= 11 is 0. The predicted molar refractivity (Wildman–Crippen MR) is 75.5 cm³/mol. The average Bonchev–Trinajstić information content (AvgIpc) is 2.69. The quantitative estimate of drug-likeness (QED) is 0.804. The van der Waals surface area contributed by atoms with Gasteiger partial charge in [0.1, 0.15) is 0 Å². The van der Waals surface area contributed by atoms with E-state index in [9.17, 15) is 9.59 Å². The summed E-state index contributed by atoms with van der Waals surface area (Å²) in [6.45, 7) is 7.17. The van der Waals surface area contributed by atoms with Crippen molar-refractivity contribution < 1.29 is 9.59 Å². The smallest absolute Gasteiger partial charge is 0.227 e. The molecule has 5 heteroatoms. The van der Waals surface area contributed by atoms with E-state index < -0.39 is 0 Å². The number of nitrogens with zero attached hydrogens (tertiary/aromatic N) is 2. The van der Waals surface area contributed by atoms with E-state index in [4.69, 9.17) is 5.73 Å². The second-order valence-corrected chi connectivity index (χ2v) is 5.13. The van der Waals surface area contributed by atoms with Crippen LogP contribution >= 0.6 is 0 Å². The predicted octanol–water partition coefficient (Wildman–Crippen LogP) is 0.832. The van der Waals surface area contributed by atoms with Gasteiger partial charge in [0.15, 0.2) is 0 Å². The summed E-state index contributed by atoms with van der Waals surface area (Å²) in [7, 11) is 0. The van der Waals surface area contributed by atoms with Gasteiger partial charge in [0.2, 0.25) is 11.8 Å². The van der Waals surface area contributed by atoms with Crippen LogP contribution in [0.15, 0.2) is 0 Å². The summed E-state index contributed by atoms with van der Waals surface area (Å²) in [6.07, 6.45) is 3.22. The molecule has 1 unspecified atom stereocenters. The Morgan fingerprint density at radius 3 is 2.32 bits per heavy atom. The van der Waals surface area contributed by atoms with E-state index in [2.05, 4.69) is 6.92 Å². The maximum absolute atomic E-state index is 12.4. The third-order valence-electron chi connectivity index (χ3n) is 3.73. The van der Waals surface area contributed by atoms with Crippen molar-refractivity contribution in [2.75, 3.05) is 32.7 Å². The minimum absolute atomic E-state index is 0.0570. The van der Waals surface area contributed by atoms with Crippen molar-refractivity contribution in [3.8, 4) is 0 Å². The van der Waals surface area contributed by atoms with Crippen LogP contribution < -0.4 is 5.73 Å². The van der Waals surface area contributed by atoms with Crippen molar-refractivity contribution in [3.63, 3.8) is 0 Å². The molecular formula is C14H27N3O2. The van der Waals surface area contributed by atoms with E-state index in [1.807, 2.05) is 16.7 Å². The topological polar surface area (TPSA) is 66.6 Å². The van der Waals surface area contributed by atoms with Crippen LogP contribution in [0.2, 0.25) is 0 Å². The molecule has 19 heavy (non-hydrogen) atoms. The minimum Gasteiger partial charge on any atom is -0.341 e. The van der Waals surface area contributed by atoms with E-state index in [1.165, 1.54) is 0 Å². The van der Waals surface area contributed by atoms with Gasteiger partial charge in [-0.25, -0.2) is 0 Å². The Labute approximate surface area is 116 Å². The van der Waals surface area contributed by atoms with E-state index in [0.717, 1.165) is 32.4 Å². The van der Waals surface area contributed by atoms with E-state index in [-0.39, 0.29) is 17.7 Å². The lowest BCUT2D eigenvalue weighted by atomic mass is 10.0. The van der Waals surface area contributed by atoms with Crippen molar-refractivity contribution in [1.29, 1.82) is 0 Å². The van der Waals surface area contributed by atoms with Gasteiger partial charge < -0.3 is 15.5 Å². The van der Waals surface area contributed by atoms with Crippen LogP contribution in [0, 0.1) is 5.92 Å². The first kappa shape index (κ1) is 16.0. The molecule has 1 saturated heterocycles. The zero-order chi connectivity index (χ0) is 14.3. The summed E-state index contributed by atoms with van der Waals surface area (Å²) in [5, 5.41) is 0. The first-order valence-electron chi connectivity index (χ1n) is 7.40. The minimum atomic E-state index is -0.0570. The maximum Gasteiger partial charge on any atom is 0.227 e. The van der Waals surface area contributed by atoms with Gasteiger partial charge in [0.25, 0.3) is 0 Å². The molecule has 2 amide bonds. The Kier molecular flexibility index (Phi) is 6.84. The third-order valence-corrected chi connectivity index (χ3v) is 3.73. The summed E-state index contributed by atoms with van der Waals surface area (Å²) < 4.78 is 0. The van der Waals surface area contributed by atoms with E-state index >= 15 is 0 Å². The number of amides is 2. The van der Waals surface area contributed by atoms with E-state index in [1.54, 1.807) is 0 Å². The average molecular weight is 269 g/mol. The van der Waals surface area contributed by atoms with Gasteiger partial charge in [-0.15, -0.1) is 0 Å². The van der Waals surface area contributed by atoms with Gasteiger partial charge in [-0.1, -0.05) is 20.3 Å². The van der Waals surface area contributed by atoms with Crippen LogP contribution in [0.3, 0.4) is 0 Å². The maximum atomic E-state index is 12.4. The molecule has 0 radical (unpaired) electrons. The highest BCUT2D eigenvalue weighted by Gasteiger charge is 2.25. The normalized spacial score (nSPS) is 18.1. The van der Waals surface area contributed by atoms with Crippen LogP contribution in [0.1, 0.15) is 39.5 Å². The fraction of sp³-hybridized carbons (Fsp3) is 0.857. The molecular weight excluding hydrogens is 242 g/mol. The highest BCUT2D eigenvalue weighted by molar-refractivity contribution is 5.79. The van der Waals surface area contributed by atoms with Gasteiger partial charge in [-0.2, -0.15) is 0 Å². The highest BCUT2D eigenvalue weighted by Crippen LogP contribution is 2.12. The van der Waals surface area contributed by atoms with Crippen molar-refractivity contribution >= 4 is 11.8 Å². The standard InChI is InChI=1S/C14H27N3O2/c1-3-6-12(11-15)14(19)17-8-5-7-16(9-10-17)13(18)4-2/h12H,3-11,15H2,1-2H3. The SMILES string of the molecule is CCCC(CN)C(=O)N1CCCN(C(=O)CC)CC1. The van der Waals surface area contributed by atoms with Crippen molar-refractivity contribution in [2.45, 2.75) is 39.5 Å². The molecule has 0 aromatic heterocycles. The van der Waals surface area contributed by atoms with Gasteiger partial charge in [0.05, 0.1) is 5.92 Å². The Morgan fingerprint density at radius 2 is 1.74 bits per heavy atom. The second kappa shape index (κ2) is 8.15. The van der Waals surface area contributed by atoms with Crippen LogP contribution in [-0.4, -0.2) is 54.3 Å². The molecule has 0 bridgehead atoms. The molecule has 1 aliphatic heterocycles. The summed E-state index contributed by atoms with van der Waals surface area (Å²) in [6, 6.07) is 0. The first-order chi connectivity index (χ1) is 9.13. The molecule has 110 valence electrons. The largest absolute Gasteiger partial charge is 0.341 e. The van der Waals surface area contributed by atoms with Gasteiger partial charge in [-0.3, -0.25) is 9.59 Å². The zero-order valence-corrected chi connectivity index (χ0v) is 12.2. The van der Waals surface area contributed by atoms with Crippen molar-refractivity contribution in [3.05, 3.63) is 0 Å². The molecule has 2 N–H and O–H groups in total. The number of rotatable bonds is 5. The number of carbonyl (C=O) groups is 2. The first-order valence-corrected chi connectivity index (χ1v) is 7.40. The van der Waals surface area contributed by atoms with Gasteiger partial charge in [0, 0.05) is 39.1 Å². The Bertz CT molecular complexity index is 307. The third kappa shape index (κ3) is 4.49. The lowest BCUT2D eigenvalue weighted by molar-refractivity contribution is -0.136. The second-order valence-electron chi connectivity index (χ2n) is 5.13. The zero-order valence-electron chi connectivity index (χ0n) is 12.2. The summed E-state index contributed by atoms with van der Waals surface area (Å²) in [4.78, 5) is 27.8. The number of carbonyl (C=O) groups excluding carboxylic acids is 2. The Balaban J connectivity index is 2.56. The molecule has 1 rings (SSSR count). The van der Waals surface area contributed by atoms with Crippen molar-refractivity contribution in [2.24, 2.45) is 11.7 Å². The number of hydrogen-bond donors (Lipinski definition) is 1. The highest BCUT2D eigenvalue weighted by atomic mass is 16.2. The molecule has 5 nitrogen and oxygen atoms in total. The lowest BCUT2D eigenvalue weighted by Gasteiger charge is -2.25. The van der Waals surface area contributed by atoms with Crippen LogP contribution in [0.4, 0.5) is 0 Å². The molecule has 0 spiro atoms. The Morgan fingerprint density at radius 1 is 1.11 bits per heavy atom. The van der Waals surface area contributed by atoms with Gasteiger partial charge >= 0.3 is 0 Å². The fourth-order valence-corrected chi connectivity index (χ4v) is 2.56. The number of nitrogens with two attached hydrogens (primary N) is 1. The Hall–Kier alpha value is -1.10. The molecule has 0 saturated carbocycles. The molecule has 1 aliphatic rings. The van der Waals surface area contributed by atoms with E-state index in [0.29, 0.717) is 26.1 Å². The lowest BCUT2D eigenvalue weighted by Crippen LogP contribution is -2.41. The summed E-state index contributed by atoms with van der Waals surface area (Å²) in [5.74, 6) is 0.284. The molecule has 0 aromatic carbocycles. The molecule has 1 heterocycles. The monoisotopic (exact) mass is 269 g/mol. The number of hydrogen-bond acceptors (Lipinski definition) is 3. The molecule has 0 aromatic rings. The van der Waals surface area contributed by atoms with Crippen LogP contribution in [-0.2, 0) is 9.59 Å². The van der Waals surface area contributed by atoms with Gasteiger partial charge in [-0.05, 0) is 12.8 Å². The molecule has 1 fully saturated rings. The van der Waals surface area contributed by atoms with Crippen LogP contribution in [0.25, 0.3) is 0 Å². The van der Waals surface area contributed by atoms with Crippen molar-refractivity contribution in [1.82, 2.24) is 9.80 Å². The summed E-state index contributed by atoms with van der Waals surface area (Å²) in [5.41, 5.74) is 5.69. The fourth-order valence-electron chi connectivity index (χ4n) is 2.56. The van der Waals surface area contributed by atoms with Crippen LogP contribution in [0.5, 0.6) is 0 Å².